The summed E-state index contributed by atoms with van der Waals surface area (Å²) in [6.07, 6.45) is 0.273. The van der Waals surface area contributed by atoms with E-state index in [9.17, 15) is 18.0 Å². The van der Waals surface area contributed by atoms with Gasteiger partial charge >= 0.3 is 0 Å². The fourth-order valence-electron chi connectivity index (χ4n) is 2.79. The van der Waals surface area contributed by atoms with Crippen LogP contribution in [0, 0.1) is 0 Å². The number of amides is 2. The third-order valence-electron chi connectivity index (χ3n) is 4.23. The molecule has 0 atom stereocenters. The molecule has 3 N–H and O–H groups in total. The lowest BCUT2D eigenvalue weighted by molar-refractivity contribution is -0.120. The molecule has 0 aliphatic rings. The predicted molar refractivity (Wildman–Crippen MR) is 115 cm³/mol. The maximum atomic E-state index is 12.5. The number of ether oxygens (including phenoxy) is 3. The van der Waals surface area contributed by atoms with Gasteiger partial charge in [0.15, 0.2) is 27.9 Å². The Morgan fingerprint density at radius 3 is 2.19 bits per heavy atom. The Bertz CT molecular complexity index is 983. The first-order chi connectivity index (χ1) is 14.8. The van der Waals surface area contributed by atoms with Crippen LogP contribution in [0.25, 0.3) is 0 Å². The topological polar surface area (TPSA) is 134 Å². The zero-order chi connectivity index (χ0) is 22.9. The number of hydrogen-bond acceptors (Lipinski definition) is 7. The minimum absolute atomic E-state index is 0.0387. The van der Waals surface area contributed by atoms with E-state index >= 15 is 0 Å². The van der Waals surface area contributed by atoms with Crippen LogP contribution in [0.2, 0.25) is 0 Å². The van der Waals surface area contributed by atoms with Crippen molar-refractivity contribution in [2.75, 3.05) is 33.1 Å². The van der Waals surface area contributed by atoms with Gasteiger partial charge in [0, 0.05) is 12.1 Å². The van der Waals surface area contributed by atoms with E-state index in [2.05, 4.69) is 5.32 Å². The summed E-state index contributed by atoms with van der Waals surface area (Å²) in [4.78, 5) is 23.5. The molecular weight excluding hydrogens is 424 g/mol. The molecule has 0 fully saturated rings. The lowest BCUT2D eigenvalue weighted by Gasteiger charge is -2.15. The van der Waals surface area contributed by atoms with Crippen LogP contribution in [0.4, 0.5) is 0 Å². The quantitative estimate of drug-likeness (QED) is 0.466. The molecular formula is C21H26N2O7S. The molecule has 0 aliphatic carbocycles. The van der Waals surface area contributed by atoms with Gasteiger partial charge in [0.05, 0.1) is 25.7 Å². The van der Waals surface area contributed by atoms with Crippen LogP contribution in [0.1, 0.15) is 22.3 Å². The first kappa shape index (κ1) is 24.0. The highest BCUT2D eigenvalue weighted by molar-refractivity contribution is 7.90. The van der Waals surface area contributed by atoms with Crippen LogP contribution in [0.5, 0.6) is 17.2 Å². The van der Waals surface area contributed by atoms with Crippen molar-refractivity contribution in [2.24, 2.45) is 5.73 Å². The van der Waals surface area contributed by atoms with E-state index in [1.807, 2.05) is 6.07 Å². The minimum Gasteiger partial charge on any atom is -0.493 e. The molecule has 31 heavy (non-hydrogen) atoms. The van der Waals surface area contributed by atoms with Gasteiger partial charge in [0.25, 0.3) is 11.8 Å². The van der Waals surface area contributed by atoms with Gasteiger partial charge in [-0.15, -0.1) is 0 Å². The predicted octanol–water partition coefficient (Wildman–Crippen LogP) is 1.30. The summed E-state index contributed by atoms with van der Waals surface area (Å²) in [7, 11) is -0.523. The van der Waals surface area contributed by atoms with Crippen LogP contribution in [-0.2, 0) is 20.4 Å². The van der Waals surface area contributed by atoms with Crippen molar-refractivity contribution >= 4 is 21.7 Å². The van der Waals surface area contributed by atoms with Crippen LogP contribution < -0.4 is 25.3 Å². The lowest BCUT2D eigenvalue weighted by Crippen LogP contribution is -2.26. The first-order valence-electron chi connectivity index (χ1n) is 9.45. The molecule has 0 bridgehead atoms. The normalized spacial score (nSPS) is 10.9. The van der Waals surface area contributed by atoms with Gasteiger partial charge in [-0.05, 0) is 24.1 Å². The second-order valence-electron chi connectivity index (χ2n) is 6.65. The Morgan fingerprint density at radius 2 is 1.65 bits per heavy atom. The molecule has 2 rings (SSSR count). The van der Waals surface area contributed by atoms with Crippen LogP contribution >= 0.6 is 0 Å². The number of rotatable bonds is 12. The number of hydrogen-bond donors (Lipinski definition) is 2. The molecule has 10 heteroatoms. The number of nitrogens with two attached hydrogens (primary N) is 1. The molecule has 0 heterocycles. The second kappa shape index (κ2) is 11.2. The fourth-order valence-corrected chi connectivity index (χ4v) is 4.22. The standard InChI is InChI=1S/C21H26N2O7S/c1-28-17-11-16(12-18(29-2)20(17)30-13-19(22)24)21(25)23-9-6-10-31(26,27)14-15-7-4-3-5-8-15/h3-5,7-8,11-12H,6,9-10,13-14H2,1-2H3,(H2,22,24)(H,23,25). The Labute approximate surface area is 181 Å². The number of sulfone groups is 1. The lowest BCUT2D eigenvalue weighted by atomic mass is 10.1. The zero-order valence-corrected chi connectivity index (χ0v) is 18.2. The summed E-state index contributed by atoms with van der Waals surface area (Å²) in [5.41, 5.74) is 6.05. The Balaban J connectivity index is 1.96. The van der Waals surface area contributed by atoms with Gasteiger partial charge in [0.2, 0.25) is 5.75 Å². The molecule has 2 aromatic rings. The zero-order valence-electron chi connectivity index (χ0n) is 17.4. The van der Waals surface area contributed by atoms with Gasteiger partial charge in [-0.1, -0.05) is 30.3 Å². The maximum Gasteiger partial charge on any atom is 0.255 e. The van der Waals surface area contributed by atoms with Crippen LogP contribution in [-0.4, -0.2) is 53.4 Å². The maximum absolute atomic E-state index is 12.5. The van der Waals surface area contributed by atoms with E-state index in [-0.39, 0.29) is 53.9 Å². The number of nitrogens with one attached hydrogen (secondary N) is 1. The molecule has 0 saturated carbocycles. The molecule has 0 aliphatic heterocycles. The summed E-state index contributed by atoms with van der Waals surface area (Å²) in [5.74, 6) is -0.663. The molecule has 9 nitrogen and oxygen atoms in total. The Kier molecular flexibility index (Phi) is 8.68. The second-order valence-corrected chi connectivity index (χ2v) is 8.84. The van der Waals surface area contributed by atoms with Crippen molar-refractivity contribution in [1.82, 2.24) is 5.32 Å². The summed E-state index contributed by atoms with van der Waals surface area (Å²) in [5, 5.41) is 2.68. The molecule has 2 aromatic carbocycles. The molecule has 0 radical (unpaired) electrons. The van der Waals surface area contributed by atoms with E-state index < -0.39 is 21.7 Å². The largest absolute Gasteiger partial charge is 0.493 e. The number of carbonyl (C=O) groups excluding carboxylic acids is 2. The van der Waals surface area contributed by atoms with Crippen LogP contribution in [0.3, 0.4) is 0 Å². The number of primary amides is 1. The summed E-state index contributed by atoms with van der Waals surface area (Å²) in [6.45, 7) is -0.201. The van der Waals surface area contributed by atoms with E-state index in [4.69, 9.17) is 19.9 Å². The third-order valence-corrected chi connectivity index (χ3v) is 5.91. The molecule has 0 unspecified atom stereocenters. The SMILES string of the molecule is COc1cc(C(=O)NCCCS(=O)(=O)Cc2ccccc2)cc(OC)c1OCC(N)=O. The minimum atomic E-state index is -3.28. The number of benzene rings is 2. The van der Waals surface area contributed by atoms with E-state index in [0.29, 0.717) is 0 Å². The first-order valence-corrected chi connectivity index (χ1v) is 11.3. The summed E-state index contributed by atoms with van der Waals surface area (Å²) < 4.78 is 40.2. The summed E-state index contributed by atoms with van der Waals surface area (Å²) in [6, 6.07) is 11.8. The van der Waals surface area contributed by atoms with Crippen molar-refractivity contribution in [3.8, 4) is 17.2 Å². The van der Waals surface area contributed by atoms with E-state index in [0.717, 1.165) is 5.56 Å². The average Bonchev–Trinajstić information content (AvgIpc) is 2.74. The van der Waals surface area contributed by atoms with Gasteiger partial charge in [0.1, 0.15) is 0 Å². The smallest absolute Gasteiger partial charge is 0.255 e. The molecule has 0 saturated heterocycles. The molecule has 0 spiro atoms. The molecule has 2 amide bonds. The third kappa shape index (κ3) is 7.49. The monoisotopic (exact) mass is 450 g/mol. The van der Waals surface area contributed by atoms with Gasteiger partial charge in [-0.25, -0.2) is 8.42 Å². The molecule has 168 valence electrons. The Hall–Kier alpha value is -3.27. The van der Waals surface area contributed by atoms with Gasteiger partial charge < -0.3 is 25.3 Å². The highest BCUT2D eigenvalue weighted by atomic mass is 32.2. The highest BCUT2D eigenvalue weighted by Gasteiger charge is 2.18. The van der Waals surface area contributed by atoms with Crippen molar-refractivity contribution < 1.29 is 32.2 Å². The highest BCUT2D eigenvalue weighted by Crippen LogP contribution is 2.38. The number of carbonyl (C=O) groups is 2. The Morgan fingerprint density at radius 1 is 1.03 bits per heavy atom. The van der Waals surface area contributed by atoms with Crippen molar-refractivity contribution in [3.63, 3.8) is 0 Å². The van der Waals surface area contributed by atoms with Crippen LogP contribution in [0.15, 0.2) is 42.5 Å². The number of methoxy groups -OCH3 is 2. The van der Waals surface area contributed by atoms with E-state index in [1.165, 1.54) is 26.4 Å². The van der Waals surface area contributed by atoms with Crippen molar-refractivity contribution in [1.29, 1.82) is 0 Å². The van der Waals surface area contributed by atoms with Crippen molar-refractivity contribution in [2.45, 2.75) is 12.2 Å². The van der Waals surface area contributed by atoms with Gasteiger partial charge in [-0.2, -0.15) is 0 Å². The fraction of sp³-hybridized carbons (Fsp3) is 0.333. The van der Waals surface area contributed by atoms with Crippen molar-refractivity contribution in [3.05, 3.63) is 53.6 Å². The summed E-state index contributed by atoms with van der Waals surface area (Å²) >= 11 is 0. The molecule has 0 aromatic heterocycles. The van der Waals surface area contributed by atoms with E-state index in [1.54, 1.807) is 24.3 Å². The van der Waals surface area contributed by atoms with Gasteiger partial charge in [-0.3, -0.25) is 9.59 Å². The average molecular weight is 451 g/mol.